The van der Waals surface area contributed by atoms with Gasteiger partial charge in [-0.05, 0) is 25.0 Å². The van der Waals surface area contributed by atoms with Crippen LogP contribution in [0.2, 0.25) is 0 Å². The van der Waals surface area contributed by atoms with Gasteiger partial charge in [0, 0.05) is 0 Å². The highest BCUT2D eigenvalue weighted by molar-refractivity contribution is 5.85. The first-order valence-electron chi connectivity index (χ1n) is 2.83. The predicted octanol–water partition coefficient (Wildman–Crippen LogP) is 3.78. The van der Waals surface area contributed by atoms with E-state index in [1.807, 2.05) is 0 Å². The second-order valence-corrected chi connectivity index (χ2v) is 2.08. The van der Waals surface area contributed by atoms with Crippen molar-refractivity contribution in [1.29, 1.82) is 0 Å². The quantitative estimate of drug-likeness (QED) is 0.590. The topological polar surface area (TPSA) is 0 Å². The molecule has 0 unspecified atom stereocenters. The Balaban J connectivity index is -0.000000213. The molecule has 0 amide bonds. The number of hydrogen-bond acceptors (Lipinski definition) is 0. The Morgan fingerprint density at radius 1 is 0.818 bits per heavy atom. The fourth-order valence-electron chi connectivity index (χ4n) is 0.663. The monoisotopic (exact) mass is 194 g/mol. The molecule has 0 aliphatic rings. The lowest BCUT2D eigenvalue weighted by Crippen LogP contribution is -1.74. The van der Waals surface area contributed by atoms with Crippen molar-refractivity contribution in [2.75, 3.05) is 0 Å². The minimum Gasteiger partial charge on any atom is -0.147 e. The predicted molar refractivity (Wildman–Crippen MR) is 57.1 cm³/mol. The van der Waals surface area contributed by atoms with Gasteiger partial charge in [-0.25, -0.2) is 0 Å². The van der Waals surface area contributed by atoms with Gasteiger partial charge < -0.3 is 0 Å². The standard InChI is InChI=1S/C8H10.CH4.2ClH/c1-7-5-3-4-6-8(7)2;;;/h3-6H,1-2H3;1H4;2*1H. The lowest BCUT2D eigenvalue weighted by molar-refractivity contribution is 1.34. The van der Waals surface area contributed by atoms with Gasteiger partial charge in [-0.3, -0.25) is 0 Å². The first-order chi connectivity index (χ1) is 3.80. The summed E-state index contributed by atoms with van der Waals surface area (Å²) in [6.07, 6.45) is 0. The summed E-state index contributed by atoms with van der Waals surface area (Å²) >= 11 is 0. The minimum atomic E-state index is 0. The molecule has 0 saturated carbocycles. The Morgan fingerprint density at radius 3 is 1.27 bits per heavy atom. The highest BCUT2D eigenvalue weighted by Crippen LogP contribution is 2.02. The molecule has 0 aromatic heterocycles. The molecule has 0 saturated heterocycles. The Labute approximate surface area is 81.8 Å². The smallest absolute Gasteiger partial charge is 0.0395 e. The molecule has 0 aliphatic heterocycles. The summed E-state index contributed by atoms with van der Waals surface area (Å²) in [7, 11) is 0. The number of aryl methyl sites for hydroxylation is 2. The van der Waals surface area contributed by atoms with Gasteiger partial charge in [0.15, 0.2) is 0 Å². The largest absolute Gasteiger partial charge is 0.147 e. The molecule has 0 N–H and O–H groups in total. The van der Waals surface area contributed by atoms with E-state index < -0.39 is 0 Å². The first kappa shape index (κ1) is 17.0. The van der Waals surface area contributed by atoms with E-state index in [0.29, 0.717) is 0 Å². The molecule has 0 aliphatic carbocycles. The number of rotatable bonds is 0. The lowest BCUT2D eigenvalue weighted by atomic mass is 10.1. The highest BCUT2D eigenvalue weighted by atomic mass is 35.5. The van der Waals surface area contributed by atoms with Crippen LogP contribution in [0.5, 0.6) is 0 Å². The highest BCUT2D eigenvalue weighted by Gasteiger charge is 1.83. The first-order valence-corrected chi connectivity index (χ1v) is 2.83. The molecule has 0 spiro atoms. The zero-order chi connectivity index (χ0) is 5.98. The molecule has 0 atom stereocenters. The van der Waals surface area contributed by atoms with Gasteiger partial charge in [-0.15, -0.1) is 24.8 Å². The average Bonchev–Trinajstić information content (AvgIpc) is 1.77. The Bertz CT molecular complexity index is 164. The van der Waals surface area contributed by atoms with Gasteiger partial charge in [0.2, 0.25) is 0 Å². The van der Waals surface area contributed by atoms with Gasteiger partial charge >= 0.3 is 0 Å². The summed E-state index contributed by atoms with van der Waals surface area (Å²) in [5.41, 5.74) is 2.74. The minimum absolute atomic E-state index is 0. The molecule has 2 heteroatoms. The number of hydrogen-bond donors (Lipinski definition) is 0. The van der Waals surface area contributed by atoms with Crippen LogP contribution in [0, 0.1) is 13.8 Å². The maximum Gasteiger partial charge on any atom is -0.0395 e. The van der Waals surface area contributed by atoms with Crippen LogP contribution in [0.1, 0.15) is 18.6 Å². The van der Waals surface area contributed by atoms with Crippen LogP contribution in [0.3, 0.4) is 0 Å². The molecule has 1 rings (SSSR count). The van der Waals surface area contributed by atoms with E-state index >= 15 is 0 Å². The van der Waals surface area contributed by atoms with Crippen molar-refractivity contribution < 1.29 is 0 Å². The summed E-state index contributed by atoms with van der Waals surface area (Å²) in [5, 5.41) is 0. The zero-order valence-electron chi connectivity index (χ0n) is 6.13. The molecule has 0 radical (unpaired) electrons. The van der Waals surface area contributed by atoms with Crippen molar-refractivity contribution in [3.63, 3.8) is 0 Å². The van der Waals surface area contributed by atoms with E-state index in [0.717, 1.165) is 0 Å². The van der Waals surface area contributed by atoms with Crippen molar-refractivity contribution in [2.24, 2.45) is 0 Å². The Kier molecular flexibility index (Phi) is 12.2. The molecular weight excluding hydrogens is 179 g/mol. The molecule has 0 bridgehead atoms. The van der Waals surface area contributed by atoms with Gasteiger partial charge in [0.1, 0.15) is 0 Å². The summed E-state index contributed by atoms with van der Waals surface area (Å²) in [6, 6.07) is 8.36. The second kappa shape index (κ2) is 7.90. The van der Waals surface area contributed by atoms with Crippen molar-refractivity contribution >= 4 is 24.8 Å². The van der Waals surface area contributed by atoms with Crippen molar-refractivity contribution in [3.05, 3.63) is 35.4 Å². The third-order valence-corrected chi connectivity index (χ3v) is 1.43. The van der Waals surface area contributed by atoms with Crippen LogP contribution in [0.25, 0.3) is 0 Å². The van der Waals surface area contributed by atoms with Crippen LogP contribution >= 0.6 is 24.8 Å². The lowest BCUT2D eigenvalue weighted by Gasteiger charge is -1.93. The van der Waals surface area contributed by atoms with E-state index in [1.54, 1.807) is 0 Å². The molecule has 0 fully saturated rings. The Morgan fingerprint density at radius 2 is 1.09 bits per heavy atom. The summed E-state index contributed by atoms with van der Waals surface area (Å²) < 4.78 is 0. The summed E-state index contributed by atoms with van der Waals surface area (Å²) in [6.45, 7) is 4.24. The third kappa shape index (κ3) is 5.11. The zero-order valence-corrected chi connectivity index (χ0v) is 7.76. The second-order valence-electron chi connectivity index (χ2n) is 2.08. The Hall–Kier alpha value is -0.200. The number of halogens is 2. The van der Waals surface area contributed by atoms with Gasteiger partial charge in [0.25, 0.3) is 0 Å². The van der Waals surface area contributed by atoms with E-state index in [1.165, 1.54) is 11.1 Å². The molecule has 1 aromatic rings. The fraction of sp³-hybridized carbons (Fsp3) is 0.333. The summed E-state index contributed by atoms with van der Waals surface area (Å²) in [5.74, 6) is 0. The third-order valence-electron chi connectivity index (χ3n) is 1.43. The van der Waals surface area contributed by atoms with Crippen LogP contribution in [-0.4, -0.2) is 0 Å². The molecule has 11 heavy (non-hydrogen) atoms. The molecule has 66 valence electrons. The van der Waals surface area contributed by atoms with Crippen LogP contribution in [0.15, 0.2) is 24.3 Å². The van der Waals surface area contributed by atoms with Crippen molar-refractivity contribution in [3.8, 4) is 0 Å². The SMILES string of the molecule is C.Cc1ccccc1C.Cl.Cl. The number of benzene rings is 1. The average molecular weight is 195 g/mol. The van der Waals surface area contributed by atoms with Crippen molar-refractivity contribution in [1.82, 2.24) is 0 Å². The van der Waals surface area contributed by atoms with E-state index in [9.17, 15) is 0 Å². The van der Waals surface area contributed by atoms with Crippen LogP contribution < -0.4 is 0 Å². The normalized spacial score (nSPS) is 6.73. The van der Waals surface area contributed by atoms with Gasteiger partial charge in [-0.1, -0.05) is 31.7 Å². The molecule has 0 heterocycles. The van der Waals surface area contributed by atoms with Crippen LogP contribution in [-0.2, 0) is 0 Å². The van der Waals surface area contributed by atoms with E-state index in [-0.39, 0.29) is 32.2 Å². The summed E-state index contributed by atoms with van der Waals surface area (Å²) in [4.78, 5) is 0. The maximum atomic E-state index is 2.12. The van der Waals surface area contributed by atoms with E-state index in [2.05, 4.69) is 38.1 Å². The molecule has 1 aromatic carbocycles. The van der Waals surface area contributed by atoms with Crippen LogP contribution in [0.4, 0.5) is 0 Å². The fourth-order valence-corrected chi connectivity index (χ4v) is 0.663. The molecule has 0 nitrogen and oxygen atoms in total. The van der Waals surface area contributed by atoms with E-state index in [4.69, 9.17) is 0 Å². The maximum absolute atomic E-state index is 2.12. The van der Waals surface area contributed by atoms with Crippen molar-refractivity contribution in [2.45, 2.75) is 21.3 Å². The van der Waals surface area contributed by atoms with Gasteiger partial charge in [0.05, 0.1) is 0 Å². The molecular formula is C9H16Cl2. The van der Waals surface area contributed by atoms with Gasteiger partial charge in [-0.2, -0.15) is 0 Å².